The van der Waals surface area contributed by atoms with Gasteiger partial charge >= 0.3 is 12.1 Å². The van der Waals surface area contributed by atoms with Crippen LogP contribution in [0.2, 0.25) is 0 Å². The van der Waals surface area contributed by atoms with Gasteiger partial charge < -0.3 is 10.1 Å². The van der Waals surface area contributed by atoms with Gasteiger partial charge in [-0.15, -0.1) is 0 Å². The van der Waals surface area contributed by atoms with Crippen molar-refractivity contribution in [3.63, 3.8) is 0 Å². The van der Waals surface area contributed by atoms with Crippen LogP contribution in [-0.4, -0.2) is 25.5 Å². The smallest absolute Gasteiger partial charge is 0.419 e. The van der Waals surface area contributed by atoms with Crippen molar-refractivity contribution in [3.8, 4) is 0 Å². The minimum atomic E-state index is -4.88. The number of hydrogen-bond donors (Lipinski definition) is 1. The number of benzene rings is 1. The van der Waals surface area contributed by atoms with Gasteiger partial charge in [0.1, 0.15) is 5.82 Å². The predicted octanol–water partition coefficient (Wildman–Crippen LogP) is 2.14. The summed E-state index contributed by atoms with van der Waals surface area (Å²) in [6.07, 6.45) is -5.00. The van der Waals surface area contributed by atoms with Gasteiger partial charge in [-0.3, -0.25) is 9.59 Å². The number of amides is 1. The topological polar surface area (TPSA) is 55.4 Å². The van der Waals surface area contributed by atoms with Crippen LogP contribution in [0.5, 0.6) is 0 Å². The van der Waals surface area contributed by atoms with Crippen LogP contribution < -0.4 is 5.32 Å². The van der Waals surface area contributed by atoms with E-state index >= 15 is 0 Å². The second kappa shape index (κ2) is 6.36. The Morgan fingerprint density at radius 3 is 2.50 bits per heavy atom. The van der Waals surface area contributed by atoms with Gasteiger partial charge in [-0.25, -0.2) is 4.39 Å². The van der Waals surface area contributed by atoms with Crippen molar-refractivity contribution in [2.45, 2.75) is 12.6 Å². The first-order valence-corrected chi connectivity index (χ1v) is 5.47. The molecular weight excluding hydrogens is 282 g/mol. The molecule has 0 atom stereocenters. The number of carbonyl (C=O) groups excluding carboxylic acids is 2. The van der Waals surface area contributed by atoms with Gasteiger partial charge in [-0.2, -0.15) is 13.2 Å². The van der Waals surface area contributed by atoms with Crippen molar-refractivity contribution in [1.82, 2.24) is 5.32 Å². The highest BCUT2D eigenvalue weighted by Crippen LogP contribution is 2.31. The van der Waals surface area contributed by atoms with Crippen molar-refractivity contribution < 1.29 is 31.9 Å². The Bertz CT molecular complexity index is 514. The fourth-order valence-electron chi connectivity index (χ4n) is 1.37. The number of ether oxygens (including phenoxy) is 1. The average Bonchev–Trinajstić information content (AvgIpc) is 2.37. The van der Waals surface area contributed by atoms with Gasteiger partial charge in [0.05, 0.1) is 19.1 Å². The lowest BCUT2D eigenvalue weighted by molar-refractivity contribution is -0.141. The van der Waals surface area contributed by atoms with E-state index in [2.05, 4.69) is 10.1 Å². The van der Waals surface area contributed by atoms with Gasteiger partial charge in [0.25, 0.3) is 5.91 Å². The van der Waals surface area contributed by atoms with Gasteiger partial charge in [0.2, 0.25) is 0 Å². The zero-order valence-corrected chi connectivity index (χ0v) is 10.4. The van der Waals surface area contributed by atoms with Gasteiger partial charge in [0, 0.05) is 12.1 Å². The van der Waals surface area contributed by atoms with Crippen LogP contribution in [0.3, 0.4) is 0 Å². The third kappa shape index (κ3) is 4.22. The van der Waals surface area contributed by atoms with Crippen LogP contribution >= 0.6 is 0 Å². The molecule has 1 aromatic carbocycles. The van der Waals surface area contributed by atoms with Crippen LogP contribution in [0.25, 0.3) is 0 Å². The summed E-state index contributed by atoms with van der Waals surface area (Å²) in [6.45, 7) is -0.0930. The summed E-state index contributed by atoms with van der Waals surface area (Å²) < 4.78 is 54.7. The monoisotopic (exact) mass is 293 g/mol. The lowest BCUT2D eigenvalue weighted by Gasteiger charge is -2.10. The normalized spacial score (nSPS) is 11.1. The Morgan fingerprint density at radius 1 is 1.30 bits per heavy atom. The molecule has 0 bridgehead atoms. The highest BCUT2D eigenvalue weighted by molar-refractivity contribution is 5.94. The minimum Gasteiger partial charge on any atom is -0.469 e. The number of hydrogen-bond acceptors (Lipinski definition) is 3. The zero-order chi connectivity index (χ0) is 15.3. The summed E-state index contributed by atoms with van der Waals surface area (Å²) in [4.78, 5) is 22.3. The first-order chi connectivity index (χ1) is 9.25. The molecule has 1 amide bonds. The second-order valence-electron chi connectivity index (χ2n) is 3.77. The molecule has 4 nitrogen and oxygen atoms in total. The molecule has 0 saturated carbocycles. The van der Waals surface area contributed by atoms with E-state index in [9.17, 15) is 27.2 Å². The Hall–Kier alpha value is -2.12. The summed E-state index contributed by atoms with van der Waals surface area (Å²) >= 11 is 0. The molecule has 110 valence electrons. The zero-order valence-electron chi connectivity index (χ0n) is 10.4. The van der Waals surface area contributed by atoms with Gasteiger partial charge in [0.15, 0.2) is 0 Å². The third-order valence-corrected chi connectivity index (χ3v) is 2.38. The van der Waals surface area contributed by atoms with Crippen LogP contribution in [0.4, 0.5) is 17.6 Å². The number of alkyl halides is 3. The number of rotatable bonds is 4. The lowest BCUT2D eigenvalue weighted by Crippen LogP contribution is -2.26. The summed E-state index contributed by atoms with van der Waals surface area (Å²) in [7, 11) is 1.17. The molecule has 1 aromatic rings. The Balaban J connectivity index is 2.77. The Labute approximate surface area is 111 Å². The second-order valence-corrected chi connectivity index (χ2v) is 3.77. The Morgan fingerprint density at radius 2 is 1.95 bits per heavy atom. The first kappa shape index (κ1) is 15.9. The van der Waals surface area contributed by atoms with Crippen molar-refractivity contribution in [2.24, 2.45) is 0 Å². The SMILES string of the molecule is COC(=O)CCNC(=O)c1ccc(F)c(C(F)(F)F)c1. The molecule has 0 fully saturated rings. The minimum absolute atomic E-state index is 0.0930. The lowest BCUT2D eigenvalue weighted by atomic mass is 10.1. The van der Waals surface area contributed by atoms with Crippen molar-refractivity contribution in [2.75, 3.05) is 13.7 Å². The van der Waals surface area contributed by atoms with Crippen LogP contribution in [0.15, 0.2) is 18.2 Å². The van der Waals surface area contributed by atoms with E-state index < -0.39 is 29.4 Å². The van der Waals surface area contributed by atoms with Crippen molar-refractivity contribution >= 4 is 11.9 Å². The summed E-state index contributed by atoms with van der Waals surface area (Å²) in [5, 5.41) is 2.23. The number of esters is 1. The summed E-state index contributed by atoms with van der Waals surface area (Å²) in [5.74, 6) is -2.86. The van der Waals surface area contributed by atoms with Gasteiger partial charge in [-0.05, 0) is 18.2 Å². The third-order valence-electron chi connectivity index (χ3n) is 2.38. The fourth-order valence-corrected chi connectivity index (χ4v) is 1.37. The maximum atomic E-state index is 13.0. The maximum Gasteiger partial charge on any atom is 0.419 e. The number of methoxy groups -OCH3 is 1. The van der Waals surface area contributed by atoms with E-state index in [0.29, 0.717) is 12.1 Å². The van der Waals surface area contributed by atoms with Crippen LogP contribution in [-0.2, 0) is 15.7 Å². The van der Waals surface area contributed by atoms with E-state index in [1.807, 2.05) is 0 Å². The molecule has 1 N–H and O–H groups in total. The van der Waals surface area contributed by atoms with Crippen LogP contribution in [0, 0.1) is 5.82 Å². The maximum absolute atomic E-state index is 13.0. The molecule has 0 unspecified atom stereocenters. The molecule has 8 heteroatoms. The molecule has 0 aliphatic rings. The molecule has 0 spiro atoms. The molecule has 1 rings (SSSR count). The Kier molecular flexibility index (Phi) is 5.06. The van der Waals surface area contributed by atoms with Crippen molar-refractivity contribution in [1.29, 1.82) is 0 Å². The summed E-state index contributed by atoms with van der Waals surface area (Å²) in [5.41, 5.74) is -1.86. The van der Waals surface area contributed by atoms with E-state index in [0.717, 1.165) is 6.07 Å². The molecule has 20 heavy (non-hydrogen) atoms. The standard InChI is InChI=1S/C12H11F4NO3/c1-20-10(18)4-5-17-11(19)7-2-3-9(13)8(6-7)12(14,15)16/h2-3,6H,4-5H2,1H3,(H,17,19). The first-order valence-electron chi connectivity index (χ1n) is 5.47. The molecular formula is C12H11F4NO3. The molecule has 0 heterocycles. The fraction of sp³-hybridized carbons (Fsp3) is 0.333. The van der Waals surface area contributed by atoms with E-state index in [1.165, 1.54) is 7.11 Å². The van der Waals surface area contributed by atoms with Crippen LogP contribution in [0.1, 0.15) is 22.3 Å². The molecule has 0 saturated heterocycles. The quantitative estimate of drug-likeness (QED) is 0.683. The van der Waals surface area contributed by atoms with Gasteiger partial charge in [-0.1, -0.05) is 0 Å². The van der Waals surface area contributed by atoms with E-state index in [1.54, 1.807) is 0 Å². The predicted molar refractivity (Wildman–Crippen MR) is 60.4 cm³/mol. The van der Waals surface area contributed by atoms with Crippen molar-refractivity contribution in [3.05, 3.63) is 35.1 Å². The molecule has 0 aliphatic heterocycles. The number of carbonyl (C=O) groups is 2. The van der Waals surface area contributed by atoms with E-state index in [4.69, 9.17) is 0 Å². The summed E-state index contributed by atoms with van der Waals surface area (Å²) in [6, 6.07) is 1.92. The highest BCUT2D eigenvalue weighted by atomic mass is 19.4. The molecule has 0 radical (unpaired) electrons. The average molecular weight is 293 g/mol. The highest BCUT2D eigenvalue weighted by Gasteiger charge is 2.34. The largest absolute Gasteiger partial charge is 0.469 e. The van der Waals surface area contributed by atoms with E-state index in [-0.39, 0.29) is 18.5 Å². The molecule has 0 aliphatic carbocycles. The number of halogens is 4. The number of nitrogens with one attached hydrogen (secondary N) is 1. The molecule has 0 aromatic heterocycles.